The van der Waals surface area contributed by atoms with Gasteiger partial charge >= 0.3 is 0 Å². The van der Waals surface area contributed by atoms with E-state index in [1.54, 1.807) is 0 Å². The first-order chi connectivity index (χ1) is 9.56. The van der Waals surface area contributed by atoms with Crippen LogP contribution in [0, 0.1) is 0 Å². The van der Waals surface area contributed by atoms with Crippen molar-refractivity contribution in [3.05, 3.63) is 16.4 Å². The molecule has 0 saturated carbocycles. The van der Waals surface area contributed by atoms with Crippen LogP contribution in [0.15, 0.2) is 0 Å². The number of morpholine rings is 1. The lowest BCUT2D eigenvalue weighted by atomic mass is 10.1. The van der Waals surface area contributed by atoms with Crippen molar-refractivity contribution in [2.45, 2.75) is 45.4 Å². The topological polar surface area (TPSA) is 50.5 Å². The number of aromatic nitrogens is 2. The molecule has 1 aromatic rings. The second-order valence-corrected chi connectivity index (χ2v) is 5.70. The minimum atomic E-state index is -0.554. The number of aliphatic hydroxyl groups is 1. The Bertz CT molecular complexity index is 450. The van der Waals surface area contributed by atoms with Gasteiger partial charge in [-0.3, -0.25) is 4.68 Å². The molecule has 2 heterocycles. The van der Waals surface area contributed by atoms with Gasteiger partial charge in [0, 0.05) is 26.1 Å². The highest BCUT2D eigenvalue weighted by Crippen LogP contribution is 2.24. The third kappa shape index (κ3) is 3.34. The standard InChI is InChI=1S/C14H24ClN3O2/c1-4-10-14(15)11(18(5-2)16-10)8-12(19)13-9-17(3)6-7-20-13/h12-13,19H,4-9H2,1-3H3. The number of halogens is 1. The average molecular weight is 302 g/mol. The fourth-order valence-corrected chi connectivity index (χ4v) is 2.93. The van der Waals surface area contributed by atoms with Crippen LogP contribution in [0.4, 0.5) is 0 Å². The fraction of sp³-hybridized carbons (Fsp3) is 0.786. The molecule has 0 aromatic carbocycles. The van der Waals surface area contributed by atoms with Gasteiger partial charge in [-0.15, -0.1) is 0 Å². The molecule has 20 heavy (non-hydrogen) atoms. The summed E-state index contributed by atoms with van der Waals surface area (Å²) in [7, 11) is 2.04. The number of likely N-dealkylation sites (N-methyl/N-ethyl adjacent to an activating group) is 1. The van der Waals surface area contributed by atoms with Crippen molar-refractivity contribution in [1.29, 1.82) is 0 Å². The van der Waals surface area contributed by atoms with Crippen molar-refractivity contribution < 1.29 is 9.84 Å². The van der Waals surface area contributed by atoms with Gasteiger partial charge in [0.25, 0.3) is 0 Å². The summed E-state index contributed by atoms with van der Waals surface area (Å²) < 4.78 is 7.55. The molecular weight excluding hydrogens is 278 g/mol. The van der Waals surface area contributed by atoms with Crippen LogP contribution in [-0.4, -0.2) is 58.7 Å². The molecular formula is C14H24ClN3O2. The number of hydrogen-bond donors (Lipinski definition) is 1. The van der Waals surface area contributed by atoms with E-state index in [9.17, 15) is 5.11 Å². The molecule has 6 heteroatoms. The van der Waals surface area contributed by atoms with E-state index in [0.717, 1.165) is 37.4 Å². The lowest BCUT2D eigenvalue weighted by Gasteiger charge is -2.33. The minimum Gasteiger partial charge on any atom is -0.390 e. The number of hydrogen-bond acceptors (Lipinski definition) is 4. The summed E-state index contributed by atoms with van der Waals surface area (Å²) in [5, 5.41) is 15.6. The lowest BCUT2D eigenvalue weighted by molar-refractivity contribution is -0.0827. The summed E-state index contributed by atoms with van der Waals surface area (Å²) >= 11 is 6.37. The van der Waals surface area contributed by atoms with E-state index in [4.69, 9.17) is 16.3 Å². The van der Waals surface area contributed by atoms with Gasteiger partial charge in [-0.05, 0) is 20.4 Å². The van der Waals surface area contributed by atoms with Crippen LogP contribution in [0.1, 0.15) is 25.2 Å². The van der Waals surface area contributed by atoms with E-state index >= 15 is 0 Å². The Morgan fingerprint density at radius 2 is 2.25 bits per heavy atom. The van der Waals surface area contributed by atoms with E-state index in [2.05, 4.69) is 10.00 Å². The Hall–Kier alpha value is -0.620. The molecule has 2 unspecified atom stereocenters. The average Bonchev–Trinajstić information content (AvgIpc) is 2.75. The third-order valence-corrected chi connectivity index (χ3v) is 4.26. The van der Waals surface area contributed by atoms with Crippen molar-refractivity contribution in [3.8, 4) is 0 Å². The number of aryl methyl sites for hydroxylation is 2. The second kappa shape index (κ2) is 6.89. The summed E-state index contributed by atoms with van der Waals surface area (Å²) in [4.78, 5) is 2.17. The molecule has 0 bridgehead atoms. The second-order valence-electron chi connectivity index (χ2n) is 5.32. The van der Waals surface area contributed by atoms with Crippen LogP contribution in [-0.2, 0) is 24.1 Å². The normalized spacial score (nSPS) is 22.1. The zero-order valence-corrected chi connectivity index (χ0v) is 13.2. The molecule has 1 fully saturated rings. The number of nitrogens with zero attached hydrogens (tertiary/aromatic N) is 3. The molecule has 0 spiro atoms. The van der Waals surface area contributed by atoms with Gasteiger partial charge in [-0.1, -0.05) is 18.5 Å². The molecule has 1 N–H and O–H groups in total. The van der Waals surface area contributed by atoms with E-state index < -0.39 is 6.10 Å². The predicted octanol–water partition coefficient (Wildman–Crippen LogP) is 1.35. The quantitative estimate of drug-likeness (QED) is 0.892. The van der Waals surface area contributed by atoms with Crippen molar-refractivity contribution in [2.24, 2.45) is 0 Å². The van der Waals surface area contributed by atoms with Gasteiger partial charge in [-0.2, -0.15) is 5.10 Å². The van der Waals surface area contributed by atoms with Crippen LogP contribution in [0.25, 0.3) is 0 Å². The Kier molecular flexibility index (Phi) is 5.43. The van der Waals surface area contributed by atoms with Crippen molar-refractivity contribution >= 4 is 11.6 Å². The zero-order chi connectivity index (χ0) is 14.7. The first-order valence-corrected chi connectivity index (χ1v) is 7.66. The van der Waals surface area contributed by atoms with E-state index in [0.29, 0.717) is 18.1 Å². The zero-order valence-electron chi connectivity index (χ0n) is 12.5. The SMILES string of the molecule is CCc1nn(CC)c(CC(O)C2CN(C)CCO2)c1Cl. The summed E-state index contributed by atoms with van der Waals surface area (Å²) in [6.07, 6.45) is 0.576. The highest BCUT2D eigenvalue weighted by molar-refractivity contribution is 6.31. The van der Waals surface area contributed by atoms with Crippen molar-refractivity contribution in [3.63, 3.8) is 0 Å². The Labute approximate surface area is 125 Å². The first kappa shape index (κ1) is 15.8. The van der Waals surface area contributed by atoms with Crippen molar-refractivity contribution in [2.75, 3.05) is 26.7 Å². The molecule has 114 valence electrons. The third-order valence-electron chi connectivity index (χ3n) is 3.82. The fourth-order valence-electron chi connectivity index (χ4n) is 2.59. The van der Waals surface area contributed by atoms with E-state index in [1.165, 1.54) is 0 Å². The molecule has 0 aliphatic carbocycles. The van der Waals surface area contributed by atoms with Crippen LogP contribution in [0.3, 0.4) is 0 Å². The van der Waals surface area contributed by atoms with Crippen LogP contribution < -0.4 is 0 Å². The molecule has 0 radical (unpaired) electrons. The summed E-state index contributed by atoms with van der Waals surface area (Å²) in [5.74, 6) is 0. The monoisotopic (exact) mass is 301 g/mol. The molecule has 1 saturated heterocycles. The van der Waals surface area contributed by atoms with Crippen LogP contribution >= 0.6 is 11.6 Å². The van der Waals surface area contributed by atoms with Crippen molar-refractivity contribution in [1.82, 2.24) is 14.7 Å². The molecule has 1 aliphatic heterocycles. The molecule has 1 aliphatic rings. The largest absolute Gasteiger partial charge is 0.390 e. The number of rotatable bonds is 5. The van der Waals surface area contributed by atoms with Gasteiger partial charge in [0.05, 0.1) is 35.2 Å². The molecule has 2 rings (SSSR count). The van der Waals surface area contributed by atoms with Gasteiger partial charge in [0.2, 0.25) is 0 Å². The predicted molar refractivity (Wildman–Crippen MR) is 79.2 cm³/mol. The molecule has 2 atom stereocenters. The maximum Gasteiger partial charge on any atom is 0.0964 e. The molecule has 0 amide bonds. The first-order valence-electron chi connectivity index (χ1n) is 7.29. The van der Waals surface area contributed by atoms with Gasteiger partial charge < -0.3 is 14.7 Å². The molecule has 5 nitrogen and oxygen atoms in total. The summed E-state index contributed by atoms with van der Waals surface area (Å²) in [6, 6.07) is 0. The summed E-state index contributed by atoms with van der Waals surface area (Å²) in [6.45, 7) is 7.15. The number of ether oxygens (including phenoxy) is 1. The highest BCUT2D eigenvalue weighted by atomic mass is 35.5. The Balaban J connectivity index is 2.10. The maximum absolute atomic E-state index is 10.4. The van der Waals surface area contributed by atoms with Gasteiger partial charge in [-0.25, -0.2) is 0 Å². The van der Waals surface area contributed by atoms with E-state index in [-0.39, 0.29) is 6.10 Å². The Morgan fingerprint density at radius 1 is 1.50 bits per heavy atom. The van der Waals surface area contributed by atoms with Gasteiger partial charge in [0.1, 0.15) is 0 Å². The van der Waals surface area contributed by atoms with Crippen LogP contribution in [0.5, 0.6) is 0 Å². The highest BCUT2D eigenvalue weighted by Gasteiger charge is 2.27. The Morgan fingerprint density at radius 3 is 2.85 bits per heavy atom. The molecule has 1 aromatic heterocycles. The minimum absolute atomic E-state index is 0.157. The lowest BCUT2D eigenvalue weighted by Crippen LogP contribution is -2.46. The van der Waals surface area contributed by atoms with Crippen LogP contribution in [0.2, 0.25) is 5.02 Å². The van der Waals surface area contributed by atoms with Gasteiger partial charge in [0.15, 0.2) is 0 Å². The summed E-state index contributed by atoms with van der Waals surface area (Å²) in [5.41, 5.74) is 1.81. The van der Waals surface area contributed by atoms with E-state index in [1.807, 2.05) is 25.6 Å². The maximum atomic E-state index is 10.4. The smallest absolute Gasteiger partial charge is 0.0964 e. The number of aliphatic hydroxyl groups excluding tert-OH is 1.